The first-order chi connectivity index (χ1) is 11.5. The van der Waals surface area contributed by atoms with E-state index in [2.05, 4.69) is 19.6 Å². The lowest BCUT2D eigenvalue weighted by Crippen LogP contribution is -2.41. The lowest BCUT2D eigenvalue weighted by atomic mass is 9.80. The minimum atomic E-state index is -1.97. The quantitative estimate of drug-likeness (QED) is 0.619. The van der Waals surface area contributed by atoms with Crippen LogP contribution in [0.25, 0.3) is 11.0 Å². The number of hydrogen-bond acceptors (Lipinski definition) is 6. The molecule has 0 aliphatic heterocycles. The van der Waals surface area contributed by atoms with E-state index < -0.39 is 26.6 Å². The number of benzene rings is 1. The van der Waals surface area contributed by atoms with Gasteiger partial charge in [0, 0.05) is 8.07 Å². The Kier molecular flexibility index (Phi) is 5.56. The van der Waals surface area contributed by atoms with Crippen molar-refractivity contribution in [3.8, 4) is 0 Å². The average Bonchev–Trinajstić information content (AvgIpc) is 2.47. The summed E-state index contributed by atoms with van der Waals surface area (Å²) in [6.07, 6.45) is 1.00. The fraction of sp³-hybridized carbons (Fsp3) is 0.412. The van der Waals surface area contributed by atoms with Crippen molar-refractivity contribution in [1.29, 1.82) is 0 Å². The lowest BCUT2D eigenvalue weighted by molar-refractivity contribution is 0.0526. The van der Waals surface area contributed by atoms with Crippen LogP contribution in [0.2, 0.25) is 25.7 Å². The lowest BCUT2D eigenvalue weighted by Gasteiger charge is -2.16. The standard InChI is InChI=1S/C17H23BO6Si/c1-10-8-13-15(16(19)12(9-24-13)18(21)22)14(11(10)2)17(20)23-6-7-25(3,4)5/h8-9,21-22H,6-7H2,1-5H3. The van der Waals surface area contributed by atoms with Crippen LogP contribution in [0.3, 0.4) is 0 Å². The number of carbonyl (C=O) groups is 1. The molecule has 0 spiro atoms. The molecule has 0 aliphatic carbocycles. The maximum atomic E-state index is 12.6. The number of ether oxygens (including phenoxy) is 1. The van der Waals surface area contributed by atoms with E-state index >= 15 is 0 Å². The van der Waals surface area contributed by atoms with Crippen molar-refractivity contribution in [3.63, 3.8) is 0 Å². The molecule has 0 fully saturated rings. The minimum Gasteiger partial charge on any atom is -0.464 e. The molecule has 0 atom stereocenters. The van der Waals surface area contributed by atoms with Gasteiger partial charge in [-0.25, -0.2) is 4.79 Å². The zero-order valence-electron chi connectivity index (χ0n) is 15.2. The SMILES string of the molecule is Cc1cc2occ(B(O)O)c(=O)c2c(C(=O)OCC[Si](C)(C)C)c1C. The molecule has 6 nitrogen and oxygen atoms in total. The minimum absolute atomic E-state index is 0.0201. The topological polar surface area (TPSA) is 97.0 Å². The Labute approximate surface area is 147 Å². The van der Waals surface area contributed by atoms with Crippen molar-refractivity contribution in [3.05, 3.63) is 39.2 Å². The molecule has 0 amide bonds. The van der Waals surface area contributed by atoms with Crippen LogP contribution in [0.15, 0.2) is 21.5 Å². The summed E-state index contributed by atoms with van der Waals surface area (Å²) in [6, 6.07) is 2.47. The molecular weight excluding hydrogens is 339 g/mol. The second-order valence-electron chi connectivity index (χ2n) is 7.41. The van der Waals surface area contributed by atoms with E-state index in [0.717, 1.165) is 17.9 Å². The van der Waals surface area contributed by atoms with Gasteiger partial charge in [-0.05, 0) is 37.1 Å². The number of rotatable bonds is 5. The molecule has 0 radical (unpaired) electrons. The predicted octanol–water partition coefficient (Wildman–Crippen LogP) is 1.58. The Balaban J connectivity index is 2.57. The van der Waals surface area contributed by atoms with E-state index in [1.165, 1.54) is 0 Å². The van der Waals surface area contributed by atoms with E-state index in [1.54, 1.807) is 13.0 Å². The van der Waals surface area contributed by atoms with Gasteiger partial charge in [0.25, 0.3) is 0 Å². The van der Waals surface area contributed by atoms with Crippen LogP contribution in [0.5, 0.6) is 0 Å². The normalized spacial score (nSPS) is 11.6. The van der Waals surface area contributed by atoms with Crippen LogP contribution in [-0.4, -0.2) is 37.8 Å². The third kappa shape index (κ3) is 4.20. The molecule has 0 unspecified atom stereocenters. The summed E-state index contributed by atoms with van der Waals surface area (Å²) in [5.41, 5.74) is 0.785. The monoisotopic (exact) mass is 362 g/mol. The van der Waals surface area contributed by atoms with Crippen LogP contribution >= 0.6 is 0 Å². The van der Waals surface area contributed by atoms with Crippen molar-refractivity contribution in [2.24, 2.45) is 0 Å². The van der Waals surface area contributed by atoms with Gasteiger partial charge in [-0.2, -0.15) is 0 Å². The van der Waals surface area contributed by atoms with Gasteiger partial charge < -0.3 is 19.2 Å². The molecular formula is C17H23BO6Si. The van der Waals surface area contributed by atoms with Crippen molar-refractivity contribution >= 4 is 37.6 Å². The number of hydrogen-bond donors (Lipinski definition) is 2. The Bertz CT molecular complexity index is 866. The maximum absolute atomic E-state index is 12.6. The van der Waals surface area contributed by atoms with Crippen LogP contribution in [0.4, 0.5) is 0 Å². The van der Waals surface area contributed by atoms with E-state index in [1.807, 2.05) is 6.92 Å². The molecule has 134 valence electrons. The first kappa shape index (κ1) is 19.4. The van der Waals surface area contributed by atoms with E-state index in [-0.39, 0.29) is 28.6 Å². The molecule has 0 saturated carbocycles. The molecule has 0 saturated heterocycles. The number of carbonyl (C=O) groups excluding carboxylic acids is 1. The van der Waals surface area contributed by atoms with Gasteiger partial charge in [-0.1, -0.05) is 19.6 Å². The van der Waals surface area contributed by atoms with Gasteiger partial charge in [0.05, 0.1) is 29.3 Å². The Morgan fingerprint density at radius 3 is 2.48 bits per heavy atom. The molecule has 2 rings (SSSR count). The summed E-state index contributed by atoms with van der Waals surface area (Å²) >= 11 is 0. The fourth-order valence-electron chi connectivity index (χ4n) is 2.48. The summed E-state index contributed by atoms with van der Waals surface area (Å²) in [4.78, 5) is 25.2. The Morgan fingerprint density at radius 2 is 1.92 bits per heavy atom. The van der Waals surface area contributed by atoms with Crippen molar-refractivity contribution in [2.75, 3.05) is 6.61 Å². The molecule has 8 heteroatoms. The highest BCUT2D eigenvalue weighted by atomic mass is 28.3. The zero-order valence-corrected chi connectivity index (χ0v) is 16.2. The molecule has 2 N–H and O–H groups in total. The smallest absolute Gasteiger partial charge is 0.464 e. The van der Waals surface area contributed by atoms with E-state index in [4.69, 9.17) is 9.15 Å². The molecule has 1 aromatic carbocycles. The Morgan fingerprint density at radius 1 is 1.28 bits per heavy atom. The van der Waals surface area contributed by atoms with E-state index in [0.29, 0.717) is 5.56 Å². The molecule has 0 aliphatic rings. The zero-order chi connectivity index (χ0) is 18.9. The maximum Gasteiger partial charge on any atom is 0.495 e. The molecule has 1 aromatic heterocycles. The summed E-state index contributed by atoms with van der Waals surface area (Å²) in [5.74, 6) is -0.596. The van der Waals surface area contributed by atoms with Gasteiger partial charge in [-0.15, -0.1) is 0 Å². The largest absolute Gasteiger partial charge is 0.495 e. The number of esters is 1. The van der Waals surface area contributed by atoms with Gasteiger partial charge in [0.2, 0.25) is 0 Å². The first-order valence-electron chi connectivity index (χ1n) is 8.12. The summed E-state index contributed by atoms with van der Waals surface area (Å²) < 4.78 is 10.7. The number of aryl methyl sites for hydroxylation is 1. The molecule has 1 heterocycles. The average molecular weight is 362 g/mol. The summed E-state index contributed by atoms with van der Waals surface area (Å²) in [6.45, 7) is 10.4. The third-order valence-electron chi connectivity index (χ3n) is 4.18. The van der Waals surface area contributed by atoms with Crippen molar-refractivity contribution in [1.82, 2.24) is 0 Å². The fourth-order valence-corrected chi connectivity index (χ4v) is 3.20. The van der Waals surface area contributed by atoms with Gasteiger partial charge in [0.1, 0.15) is 5.58 Å². The van der Waals surface area contributed by atoms with Gasteiger partial charge in [0.15, 0.2) is 5.43 Å². The number of fused-ring (bicyclic) bond motifs is 1. The summed E-state index contributed by atoms with van der Waals surface area (Å²) in [7, 11) is -3.34. The molecule has 0 bridgehead atoms. The highest BCUT2D eigenvalue weighted by molar-refractivity contribution is 6.76. The van der Waals surface area contributed by atoms with Crippen LogP contribution in [0.1, 0.15) is 21.5 Å². The second kappa shape index (κ2) is 7.15. The van der Waals surface area contributed by atoms with E-state index in [9.17, 15) is 19.6 Å². The summed E-state index contributed by atoms with van der Waals surface area (Å²) in [5, 5.41) is 18.7. The van der Waals surface area contributed by atoms with Crippen LogP contribution < -0.4 is 10.9 Å². The second-order valence-corrected chi connectivity index (χ2v) is 13.0. The highest BCUT2D eigenvalue weighted by Gasteiger charge is 2.25. The Hall–Kier alpha value is -1.90. The van der Waals surface area contributed by atoms with Crippen molar-refractivity contribution in [2.45, 2.75) is 39.5 Å². The van der Waals surface area contributed by atoms with Gasteiger partial charge in [-0.3, -0.25) is 4.79 Å². The van der Waals surface area contributed by atoms with Gasteiger partial charge >= 0.3 is 13.1 Å². The van der Waals surface area contributed by atoms with Crippen LogP contribution in [-0.2, 0) is 4.74 Å². The van der Waals surface area contributed by atoms with Crippen molar-refractivity contribution < 1.29 is 24.0 Å². The molecule has 25 heavy (non-hydrogen) atoms. The third-order valence-corrected chi connectivity index (χ3v) is 5.88. The first-order valence-corrected chi connectivity index (χ1v) is 11.8. The predicted molar refractivity (Wildman–Crippen MR) is 100 cm³/mol. The highest BCUT2D eigenvalue weighted by Crippen LogP contribution is 2.24. The molecule has 2 aromatic rings. The van der Waals surface area contributed by atoms with Crippen LogP contribution in [0, 0.1) is 13.8 Å².